The lowest BCUT2D eigenvalue weighted by Crippen LogP contribution is -1.81. The van der Waals surface area contributed by atoms with Crippen LogP contribution in [-0.4, -0.2) is 21.8 Å². The van der Waals surface area contributed by atoms with Crippen molar-refractivity contribution in [2.24, 2.45) is 0 Å². The molecule has 0 amide bonds. The van der Waals surface area contributed by atoms with Crippen molar-refractivity contribution in [3.05, 3.63) is 0 Å². The van der Waals surface area contributed by atoms with Crippen molar-refractivity contribution in [2.75, 3.05) is 0 Å². The number of terminal acetylenes is 1. The monoisotopic (exact) mass is 106 g/mol. The van der Waals surface area contributed by atoms with E-state index in [-0.39, 0.29) is 5.48 Å². The molecule has 0 fully saturated rings. The molecule has 0 saturated heterocycles. The molecule has 0 aliphatic rings. The van der Waals surface area contributed by atoms with E-state index in [1.165, 1.54) is 0 Å². The normalized spacial score (nSPS) is 3.71. The van der Waals surface area contributed by atoms with Gasteiger partial charge in [0.05, 0.1) is 0 Å². The Morgan fingerprint density at radius 3 is 1.29 bits per heavy atom. The summed E-state index contributed by atoms with van der Waals surface area (Å²) in [6, 6.07) is 0. The van der Waals surface area contributed by atoms with Crippen molar-refractivity contribution in [2.45, 2.75) is 0 Å². The van der Waals surface area contributed by atoms with Crippen LogP contribution in [0.2, 0.25) is 0 Å². The molecular weight excluding hydrogens is 100 g/mol. The van der Waals surface area contributed by atoms with Crippen LogP contribution in [0.4, 0.5) is 4.79 Å². The topological polar surface area (TPSA) is 89.0 Å². The fourth-order valence-corrected chi connectivity index (χ4v) is 0. The summed E-state index contributed by atoms with van der Waals surface area (Å²) in [5, 5.41) is 13.9. The third kappa shape index (κ3) is 25.5. The highest BCUT2D eigenvalue weighted by atomic mass is 16.6. The zero-order chi connectivity index (χ0) is 5.58. The van der Waals surface area contributed by atoms with E-state index in [1.807, 2.05) is 0 Å². The summed E-state index contributed by atoms with van der Waals surface area (Å²) in [5.41, 5.74) is 0. The van der Waals surface area contributed by atoms with Gasteiger partial charge in [-0.15, -0.1) is 12.8 Å². The van der Waals surface area contributed by atoms with Crippen LogP contribution in [0.3, 0.4) is 0 Å². The summed E-state index contributed by atoms with van der Waals surface area (Å²) in [6.07, 6.45) is 6.17. The highest BCUT2D eigenvalue weighted by molar-refractivity contribution is 5.53. The molecule has 0 aliphatic carbocycles. The van der Waals surface area contributed by atoms with Crippen LogP contribution in [0, 0.1) is 12.8 Å². The minimum atomic E-state index is -1.83. The molecule has 0 saturated carbocycles. The second kappa shape index (κ2) is 21.5. The molecule has 4 heteroatoms. The van der Waals surface area contributed by atoms with E-state index < -0.39 is 6.16 Å². The molecule has 0 bridgehead atoms. The highest BCUT2D eigenvalue weighted by Crippen LogP contribution is 1.42. The second-order valence-electron chi connectivity index (χ2n) is 0.283. The molecule has 0 unspecified atom stereocenters. The van der Waals surface area contributed by atoms with Crippen molar-refractivity contribution >= 4 is 6.16 Å². The Bertz CT molecular complexity index is 51.2. The van der Waals surface area contributed by atoms with Crippen LogP contribution in [0.15, 0.2) is 0 Å². The lowest BCUT2D eigenvalue weighted by molar-refractivity contribution is 0.137. The van der Waals surface area contributed by atoms with Gasteiger partial charge in [0.25, 0.3) is 0 Å². The van der Waals surface area contributed by atoms with Gasteiger partial charge in [-0.2, -0.15) is 0 Å². The number of hydrogen-bond donors (Lipinski definition) is 2. The largest absolute Gasteiger partial charge is 0.503 e. The van der Waals surface area contributed by atoms with Crippen LogP contribution < -0.4 is 0 Å². The van der Waals surface area contributed by atoms with Crippen molar-refractivity contribution in [1.29, 1.82) is 0 Å². The molecule has 0 aliphatic heterocycles. The van der Waals surface area contributed by atoms with Gasteiger partial charge in [0.15, 0.2) is 0 Å². The highest BCUT2D eigenvalue weighted by Gasteiger charge is 1.70. The molecule has 4 N–H and O–H groups in total. The number of carboxylic acid groups (broad SMARTS) is 2. The summed E-state index contributed by atoms with van der Waals surface area (Å²) in [4.78, 5) is 8.56. The van der Waals surface area contributed by atoms with E-state index in [0.717, 1.165) is 0 Å². The fraction of sp³-hybridized carbons (Fsp3) is 0. The average molecular weight is 106 g/mol. The first-order valence-corrected chi connectivity index (χ1v) is 0.985. The van der Waals surface area contributed by atoms with E-state index in [2.05, 4.69) is 12.8 Å². The van der Waals surface area contributed by atoms with E-state index in [0.29, 0.717) is 0 Å². The summed E-state index contributed by atoms with van der Waals surface area (Å²) < 4.78 is 0. The average Bonchev–Trinajstić information content (AvgIpc) is 1.41. The third-order valence-corrected chi connectivity index (χ3v) is 0. The van der Waals surface area contributed by atoms with Gasteiger partial charge in [-0.3, -0.25) is 0 Å². The van der Waals surface area contributed by atoms with Gasteiger partial charge in [0, 0.05) is 0 Å². The van der Waals surface area contributed by atoms with Crippen molar-refractivity contribution < 1.29 is 20.5 Å². The quantitative estimate of drug-likeness (QED) is 0.413. The first kappa shape index (κ1) is 17.1. The maximum absolute atomic E-state index is 8.56. The van der Waals surface area contributed by atoms with Crippen molar-refractivity contribution in [3.63, 3.8) is 0 Å². The van der Waals surface area contributed by atoms with E-state index in [4.69, 9.17) is 15.0 Å². The van der Waals surface area contributed by atoms with E-state index in [1.54, 1.807) is 0 Å². The molecule has 7 heavy (non-hydrogen) atoms. The molecule has 0 aromatic heterocycles. The smallest absolute Gasteiger partial charge is 0.450 e. The predicted molar refractivity (Wildman–Crippen MR) is 24.2 cm³/mol. The molecule has 4 nitrogen and oxygen atoms in total. The number of hydrogen-bond acceptors (Lipinski definition) is 1. The Hall–Kier alpha value is -1.21. The number of carbonyl (C=O) groups is 1. The lowest BCUT2D eigenvalue weighted by atomic mass is 11.4. The van der Waals surface area contributed by atoms with Gasteiger partial charge in [-0.1, -0.05) is 0 Å². The molecule has 0 radical (unpaired) electrons. The molecule has 0 atom stereocenters. The minimum Gasteiger partial charge on any atom is -0.450 e. The molecule has 0 aromatic rings. The Morgan fingerprint density at radius 2 is 1.29 bits per heavy atom. The first-order valence-electron chi connectivity index (χ1n) is 0.985. The zero-order valence-electron chi connectivity index (χ0n) is 3.46. The predicted octanol–water partition coefficient (Wildman–Crippen LogP) is -0.353. The molecule has 42 valence electrons. The van der Waals surface area contributed by atoms with Crippen LogP contribution in [-0.2, 0) is 0 Å². The Balaban J connectivity index is -0.0000000480. The van der Waals surface area contributed by atoms with Gasteiger partial charge in [-0.25, -0.2) is 4.79 Å². The van der Waals surface area contributed by atoms with Crippen LogP contribution in [0.5, 0.6) is 0 Å². The van der Waals surface area contributed by atoms with Crippen LogP contribution in [0.25, 0.3) is 0 Å². The summed E-state index contributed by atoms with van der Waals surface area (Å²) in [5.74, 6) is 0. The Labute approximate surface area is 40.7 Å². The van der Waals surface area contributed by atoms with Crippen LogP contribution >= 0.6 is 0 Å². The van der Waals surface area contributed by atoms with Crippen LogP contribution in [0.1, 0.15) is 0 Å². The van der Waals surface area contributed by atoms with E-state index >= 15 is 0 Å². The number of rotatable bonds is 0. The zero-order valence-corrected chi connectivity index (χ0v) is 3.46. The molecule has 0 rings (SSSR count). The van der Waals surface area contributed by atoms with Crippen molar-refractivity contribution in [1.82, 2.24) is 0 Å². The van der Waals surface area contributed by atoms with E-state index in [9.17, 15) is 0 Å². The maximum Gasteiger partial charge on any atom is 0.503 e. The van der Waals surface area contributed by atoms with Gasteiger partial charge in [0.2, 0.25) is 0 Å². The summed E-state index contributed by atoms with van der Waals surface area (Å²) in [6.45, 7) is 0. The summed E-state index contributed by atoms with van der Waals surface area (Å²) in [7, 11) is 0. The van der Waals surface area contributed by atoms with Crippen molar-refractivity contribution in [3.8, 4) is 12.8 Å². The molecule has 0 aromatic carbocycles. The molecular formula is C3H6O4. The second-order valence-corrected chi connectivity index (χ2v) is 0.283. The summed E-state index contributed by atoms with van der Waals surface area (Å²) >= 11 is 0. The third-order valence-electron chi connectivity index (χ3n) is 0. The fourth-order valence-electron chi connectivity index (χ4n) is 0. The molecule has 0 heterocycles. The lowest BCUT2D eigenvalue weighted by Gasteiger charge is -1.60. The Morgan fingerprint density at radius 1 is 1.29 bits per heavy atom. The SMILES string of the molecule is C#C.O.O=C(O)O. The molecule has 0 spiro atoms. The Kier molecular flexibility index (Phi) is 52.4. The minimum absolute atomic E-state index is 0. The maximum atomic E-state index is 8.56. The standard InChI is InChI=1S/C2H2.CH2O3.H2O/c1-2;2-1(3)4;/h1-2H;(H2,2,3,4);1H2. The van der Waals surface area contributed by atoms with Gasteiger partial charge >= 0.3 is 6.16 Å². The van der Waals surface area contributed by atoms with Gasteiger partial charge < -0.3 is 15.7 Å². The van der Waals surface area contributed by atoms with Gasteiger partial charge in [0.1, 0.15) is 0 Å². The first-order chi connectivity index (χ1) is 2.73. The van der Waals surface area contributed by atoms with Gasteiger partial charge in [-0.05, 0) is 0 Å².